The molecule has 7 nitrogen and oxygen atoms in total. The summed E-state index contributed by atoms with van der Waals surface area (Å²) in [5.74, 6) is 1.94. The molecule has 0 aromatic carbocycles. The molecule has 0 aliphatic carbocycles. The van der Waals surface area contributed by atoms with E-state index in [2.05, 4.69) is 40.1 Å². The highest BCUT2D eigenvalue weighted by molar-refractivity contribution is 5.80. The molecule has 1 aliphatic heterocycles. The van der Waals surface area contributed by atoms with E-state index in [1.807, 2.05) is 17.7 Å². The fraction of sp³-hybridized carbons (Fsp3) is 0.500. The second-order valence-corrected chi connectivity index (χ2v) is 7.28. The third kappa shape index (κ3) is 4.11. The zero-order valence-electron chi connectivity index (χ0n) is 16.1. The standard InChI is InChI=1S/C20H26N6O/c1-14(2)18-23-9-12-26(18)15(3)20(27)24-17-6-10-25(11-7-17)19-16(13-21)5-4-8-22-19/h4-5,8-9,12,14-15,17H,6-7,10-11H2,1-3H3,(H,24,27)/t15-/m0/s1. The van der Waals surface area contributed by atoms with Crippen molar-refractivity contribution >= 4 is 11.7 Å². The van der Waals surface area contributed by atoms with E-state index in [-0.39, 0.29) is 23.9 Å². The highest BCUT2D eigenvalue weighted by Crippen LogP contribution is 2.22. The number of rotatable bonds is 5. The molecule has 142 valence electrons. The van der Waals surface area contributed by atoms with E-state index in [0.717, 1.165) is 37.6 Å². The van der Waals surface area contributed by atoms with Crippen LogP contribution in [0.1, 0.15) is 57.0 Å². The summed E-state index contributed by atoms with van der Waals surface area (Å²) < 4.78 is 1.95. The number of nitriles is 1. The number of anilines is 1. The molecule has 1 saturated heterocycles. The number of nitrogens with zero attached hydrogens (tertiary/aromatic N) is 5. The molecule has 2 aromatic heterocycles. The van der Waals surface area contributed by atoms with Gasteiger partial charge in [0.2, 0.25) is 5.91 Å². The summed E-state index contributed by atoms with van der Waals surface area (Å²) in [5.41, 5.74) is 0.593. The number of hydrogen-bond donors (Lipinski definition) is 1. The van der Waals surface area contributed by atoms with Gasteiger partial charge in [0.05, 0.1) is 5.56 Å². The summed E-state index contributed by atoms with van der Waals surface area (Å²) in [6.45, 7) is 7.60. The van der Waals surface area contributed by atoms with E-state index in [9.17, 15) is 10.1 Å². The van der Waals surface area contributed by atoms with Crippen LogP contribution in [0.5, 0.6) is 0 Å². The number of imidazole rings is 1. The molecule has 7 heteroatoms. The van der Waals surface area contributed by atoms with Gasteiger partial charge in [0.15, 0.2) is 0 Å². The monoisotopic (exact) mass is 366 g/mol. The average molecular weight is 366 g/mol. The Morgan fingerprint density at radius 2 is 2.00 bits per heavy atom. The van der Waals surface area contributed by atoms with Crippen LogP contribution in [0.3, 0.4) is 0 Å². The van der Waals surface area contributed by atoms with Crippen LogP contribution in [-0.4, -0.2) is 39.6 Å². The number of aromatic nitrogens is 3. The number of nitrogens with one attached hydrogen (secondary N) is 1. The van der Waals surface area contributed by atoms with E-state index < -0.39 is 0 Å². The second kappa shape index (κ2) is 8.21. The van der Waals surface area contributed by atoms with Crippen molar-refractivity contribution in [1.82, 2.24) is 19.9 Å². The number of hydrogen-bond acceptors (Lipinski definition) is 5. The highest BCUT2D eigenvalue weighted by atomic mass is 16.2. The number of carbonyl (C=O) groups is 1. The Morgan fingerprint density at radius 3 is 2.67 bits per heavy atom. The molecule has 0 bridgehead atoms. The average Bonchev–Trinajstić information content (AvgIpc) is 3.18. The molecule has 0 radical (unpaired) electrons. The predicted molar refractivity (Wildman–Crippen MR) is 103 cm³/mol. The fourth-order valence-corrected chi connectivity index (χ4v) is 3.52. The van der Waals surface area contributed by atoms with Crippen LogP contribution in [0, 0.1) is 11.3 Å². The third-order valence-corrected chi connectivity index (χ3v) is 5.06. The Morgan fingerprint density at radius 1 is 1.26 bits per heavy atom. The lowest BCUT2D eigenvalue weighted by Crippen LogP contribution is -2.46. The number of piperidine rings is 1. The Kier molecular flexibility index (Phi) is 5.75. The zero-order chi connectivity index (χ0) is 19.4. The zero-order valence-corrected chi connectivity index (χ0v) is 16.1. The first-order chi connectivity index (χ1) is 13.0. The smallest absolute Gasteiger partial charge is 0.243 e. The number of amides is 1. The quantitative estimate of drug-likeness (QED) is 0.879. The van der Waals surface area contributed by atoms with E-state index in [4.69, 9.17) is 0 Å². The maximum Gasteiger partial charge on any atom is 0.243 e. The Labute approximate surface area is 160 Å². The Hall–Kier alpha value is -2.88. The van der Waals surface area contributed by atoms with E-state index in [0.29, 0.717) is 5.56 Å². The first-order valence-corrected chi connectivity index (χ1v) is 9.44. The molecule has 0 saturated carbocycles. The van der Waals surface area contributed by atoms with Crippen molar-refractivity contribution < 1.29 is 4.79 Å². The van der Waals surface area contributed by atoms with Gasteiger partial charge in [0.1, 0.15) is 23.8 Å². The molecule has 1 N–H and O–H groups in total. The van der Waals surface area contributed by atoms with Gasteiger partial charge < -0.3 is 14.8 Å². The van der Waals surface area contributed by atoms with Crippen LogP contribution < -0.4 is 10.2 Å². The molecule has 3 heterocycles. The largest absolute Gasteiger partial charge is 0.355 e. The molecule has 1 atom stereocenters. The van der Waals surface area contributed by atoms with Gasteiger partial charge in [0, 0.05) is 43.6 Å². The van der Waals surface area contributed by atoms with E-state index >= 15 is 0 Å². The third-order valence-electron chi connectivity index (χ3n) is 5.06. The minimum absolute atomic E-state index is 0.0175. The van der Waals surface area contributed by atoms with Gasteiger partial charge in [-0.15, -0.1) is 0 Å². The van der Waals surface area contributed by atoms with Crippen LogP contribution in [0.4, 0.5) is 5.82 Å². The van der Waals surface area contributed by atoms with Crippen molar-refractivity contribution in [3.8, 4) is 6.07 Å². The van der Waals surface area contributed by atoms with Gasteiger partial charge in [-0.3, -0.25) is 4.79 Å². The summed E-state index contributed by atoms with van der Waals surface area (Å²) >= 11 is 0. The lowest BCUT2D eigenvalue weighted by atomic mass is 10.0. The summed E-state index contributed by atoms with van der Waals surface area (Å²) in [4.78, 5) is 23.6. The molecule has 0 unspecified atom stereocenters. The van der Waals surface area contributed by atoms with Gasteiger partial charge in [0.25, 0.3) is 0 Å². The van der Waals surface area contributed by atoms with Crippen LogP contribution in [-0.2, 0) is 4.79 Å². The summed E-state index contributed by atoms with van der Waals surface area (Å²) in [5, 5.41) is 12.4. The molecular formula is C20H26N6O. The van der Waals surface area contributed by atoms with Crippen molar-refractivity contribution in [2.75, 3.05) is 18.0 Å². The van der Waals surface area contributed by atoms with Crippen LogP contribution >= 0.6 is 0 Å². The summed E-state index contributed by atoms with van der Waals surface area (Å²) in [6, 6.07) is 5.61. The van der Waals surface area contributed by atoms with Crippen molar-refractivity contribution in [3.05, 3.63) is 42.1 Å². The van der Waals surface area contributed by atoms with Crippen molar-refractivity contribution in [1.29, 1.82) is 5.26 Å². The first kappa shape index (κ1) is 18.9. The van der Waals surface area contributed by atoms with Crippen molar-refractivity contribution in [3.63, 3.8) is 0 Å². The Balaban J connectivity index is 1.58. The van der Waals surface area contributed by atoms with Gasteiger partial charge >= 0.3 is 0 Å². The van der Waals surface area contributed by atoms with Crippen LogP contribution in [0.15, 0.2) is 30.7 Å². The fourth-order valence-electron chi connectivity index (χ4n) is 3.52. The van der Waals surface area contributed by atoms with Crippen LogP contribution in [0.2, 0.25) is 0 Å². The second-order valence-electron chi connectivity index (χ2n) is 7.28. The normalized spacial score (nSPS) is 16.2. The number of carbonyl (C=O) groups excluding carboxylic acids is 1. The Bertz CT molecular complexity index is 829. The maximum absolute atomic E-state index is 12.7. The number of pyridine rings is 1. The lowest BCUT2D eigenvalue weighted by molar-refractivity contribution is -0.124. The van der Waals surface area contributed by atoms with Gasteiger partial charge in [-0.1, -0.05) is 13.8 Å². The van der Waals surface area contributed by atoms with Crippen LogP contribution in [0.25, 0.3) is 0 Å². The molecule has 27 heavy (non-hydrogen) atoms. The molecule has 1 amide bonds. The molecule has 1 fully saturated rings. The predicted octanol–water partition coefficient (Wildman–Crippen LogP) is 2.62. The molecule has 0 spiro atoms. The lowest BCUT2D eigenvalue weighted by Gasteiger charge is -2.34. The highest BCUT2D eigenvalue weighted by Gasteiger charge is 2.26. The van der Waals surface area contributed by atoms with Gasteiger partial charge in [-0.25, -0.2) is 9.97 Å². The molecular weight excluding hydrogens is 340 g/mol. The maximum atomic E-state index is 12.7. The SMILES string of the molecule is CC(C)c1nccn1[C@@H](C)C(=O)NC1CCN(c2ncccc2C#N)CC1. The summed E-state index contributed by atoms with van der Waals surface area (Å²) in [7, 11) is 0. The van der Waals surface area contributed by atoms with Gasteiger partial charge in [-0.05, 0) is 31.9 Å². The molecule has 3 rings (SSSR count). The molecule has 2 aromatic rings. The summed E-state index contributed by atoms with van der Waals surface area (Å²) in [6.07, 6.45) is 6.99. The van der Waals surface area contributed by atoms with E-state index in [1.54, 1.807) is 24.5 Å². The van der Waals surface area contributed by atoms with Gasteiger partial charge in [-0.2, -0.15) is 5.26 Å². The van der Waals surface area contributed by atoms with Crippen molar-refractivity contribution in [2.45, 2.75) is 51.6 Å². The topological polar surface area (TPSA) is 86.8 Å². The first-order valence-electron chi connectivity index (χ1n) is 9.44. The van der Waals surface area contributed by atoms with E-state index in [1.165, 1.54) is 0 Å². The minimum Gasteiger partial charge on any atom is -0.355 e. The minimum atomic E-state index is -0.288. The molecule has 1 aliphatic rings. The van der Waals surface area contributed by atoms with Crippen molar-refractivity contribution in [2.24, 2.45) is 0 Å².